The molecule has 4 aliphatic carbocycles. The maximum atomic E-state index is 11.8. The lowest BCUT2D eigenvalue weighted by Crippen LogP contribution is -2.53. The van der Waals surface area contributed by atoms with Gasteiger partial charge in [0.15, 0.2) is 5.66 Å². The van der Waals surface area contributed by atoms with Crippen molar-refractivity contribution in [2.75, 3.05) is 0 Å². The van der Waals surface area contributed by atoms with E-state index in [1.165, 1.54) is 57.8 Å². The van der Waals surface area contributed by atoms with E-state index in [-0.39, 0.29) is 17.8 Å². The SMILES string of the molecule is C[C@H](CC(C(=O)O)P(=O)(O)O)[C@H]1CC[C@H]2[C@@H]3CCC4CCCC[C@]4(C)[C@H]3CC[C@]12C. The Morgan fingerprint density at radius 3 is 2.33 bits per heavy atom. The summed E-state index contributed by atoms with van der Waals surface area (Å²) < 4.78 is 11.8. The van der Waals surface area contributed by atoms with Gasteiger partial charge < -0.3 is 14.9 Å². The van der Waals surface area contributed by atoms with Crippen LogP contribution in [0.25, 0.3) is 0 Å². The van der Waals surface area contributed by atoms with Crippen LogP contribution in [0, 0.1) is 46.3 Å². The molecule has 0 aromatic heterocycles. The predicted octanol–water partition coefficient (Wildman–Crippen LogP) is 5.69. The van der Waals surface area contributed by atoms with E-state index in [1.807, 2.05) is 6.92 Å². The van der Waals surface area contributed by atoms with E-state index in [9.17, 15) is 24.3 Å². The molecule has 0 saturated heterocycles. The number of carboxylic acids is 1. The summed E-state index contributed by atoms with van der Waals surface area (Å²) in [6.07, 6.45) is 13.2. The molecule has 172 valence electrons. The maximum absolute atomic E-state index is 11.8. The highest BCUT2D eigenvalue weighted by Gasteiger charge is 2.60. The first-order valence-corrected chi connectivity index (χ1v) is 13.9. The van der Waals surface area contributed by atoms with Crippen molar-refractivity contribution < 1.29 is 24.3 Å². The summed E-state index contributed by atoms with van der Waals surface area (Å²) in [6, 6.07) is 0. The molecule has 0 aromatic carbocycles. The number of carboxylic acid groups (broad SMARTS) is 1. The largest absolute Gasteiger partial charge is 0.481 e. The smallest absolute Gasteiger partial charge is 0.339 e. The van der Waals surface area contributed by atoms with Crippen molar-refractivity contribution in [2.45, 2.75) is 97.1 Å². The summed E-state index contributed by atoms with van der Waals surface area (Å²) in [6.45, 7) is 7.04. The molecular weight excluding hydrogens is 399 g/mol. The van der Waals surface area contributed by atoms with Gasteiger partial charge in [-0.05, 0) is 104 Å². The zero-order chi connectivity index (χ0) is 21.9. The van der Waals surface area contributed by atoms with Crippen molar-refractivity contribution in [3.8, 4) is 0 Å². The maximum Gasteiger partial charge on any atom is 0.339 e. The Morgan fingerprint density at radius 2 is 1.67 bits per heavy atom. The number of aliphatic carboxylic acids is 1. The van der Waals surface area contributed by atoms with Crippen LogP contribution in [-0.2, 0) is 9.36 Å². The molecule has 0 spiro atoms. The monoisotopic (exact) mass is 440 g/mol. The fraction of sp³-hybridized carbons (Fsp3) is 0.958. The predicted molar refractivity (Wildman–Crippen MR) is 117 cm³/mol. The number of rotatable bonds is 5. The molecule has 9 atom stereocenters. The van der Waals surface area contributed by atoms with Crippen LogP contribution in [-0.4, -0.2) is 26.5 Å². The molecule has 30 heavy (non-hydrogen) atoms. The van der Waals surface area contributed by atoms with Gasteiger partial charge in [-0.1, -0.05) is 33.6 Å². The zero-order valence-electron chi connectivity index (χ0n) is 18.9. The summed E-state index contributed by atoms with van der Waals surface area (Å²) in [5.41, 5.74) is -0.861. The molecule has 4 aliphatic rings. The average molecular weight is 441 g/mol. The van der Waals surface area contributed by atoms with Crippen LogP contribution in [0.15, 0.2) is 0 Å². The molecule has 4 fully saturated rings. The fourth-order valence-electron chi connectivity index (χ4n) is 9.17. The Kier molecular flexibility index (Phi) is 5.99. The van der Waals surface area contributed by atoms with Crippen molar-refractivity contribution in [3.63, 3.8) is 0 Å². The lowest BCUT2D eigenvalue weighted by molar-refractivity contribution is -0.137. The third-order valence-electron chi connectivity index (χ3n) is 10.6. The van der Waals surface area contributed by atoms with Crippen LogP contribution >= 0.6 is 7.60 Å². The van der Waals surface area contributed by atoms with Crippen LogP contribution in [0.1, 0.15) is 91.4 Å². The second kappa shape index (κ2) is 7.89. The van der Waals surface area contributed by atoms with Gasteiger partial charge in [-0.25, -0.2) is 0 Å². The first kappa shape index (κ1) is 22.8. The summed E-state index contributed by atoms with van der Waals surface area (Å²) in [5, 5.41) is 9.40. The van der Waals surface area contributed by atoms with E-state index < -0.39 is 19.2 Å². The number of carbonyl (C=O) groups is 1. The Bertz CT molecular complexity index is 718. The van der Waals surface area contributed by atoms with Crippen molar-refractivity contribution in [3.05, 3.63) is 0 Å². The molecule has 0 bridgehead atoms. The molecule has 0 amide bonds. The van der Waals surface area contributed by atoms with Gasteiger partial charge in [-0.3, -0.25) is 9.36 Å². The van der Waals surface area contributed by atoms with Crippen LogP contribution in [0.4, 0.5) is 0 Å². The van der Waals surface area contributed by atoms with Crippen LogP contribution in [0.3, 0.4) is 0 Å². The van der Waals surface area contributed by atoms with Crippen LogP contribution in [0.5, 0.6) is 0 Å². The topological polar surface area (TPSA) is 94.8 Å². The Balaban J connectivity index is 1.52. The van der Waals surface area contributed by atoms with Gasteiger partial charge in [-0.15, -0.1) is 0 Å². The zero-order valence-corrected chi connectivity index (χ0v) is 19.8. The van der Waals surface area contributed by atoms with E-state index in [0.29, 0.717) is 17.3 Å². The second-order valence-electron chi connectivity index (χ2n) is 11.8. The minimum Gasteiger partial charge on any atom is -0.481 e. The molecule has 0 heterocycles. The van der Waals surface area contributed by atoms with Crippen molar-refractivity contribution in [1.82, 2.24) is 0 Å². The molecular formula is C24H41O5P. The highest BCUT2D eigenvalue weighted by atomic mass is 31.2. The Morgan fingerprint density at radius 1 is 0.967 bits per heavy atom. The molecule has 0 aliphatic heterocycles. The third kappa shape index (κ3) is 3.61. The lowest BCUT2D eigenvalue weighted by Gasteiger charge is -2.61. The first-order chi connectivity index (χ1) is 14.0. The highest BCUT2D eigenvalue weighted by Crippen LogP contribution is 2.68. The van der Waals surface area contributed by atoms with E-state index in [0.717, 1.165) is 24.2 Å². The van der Waals surface area contributed by atoms with Gasteiger partial charge in [0, 0.05) is 0 Å². The van der Waals surface area contributed by atoms with E-state index in [4.69, 9.17) is 0 Å². The third-order valence-corrected chi connectivity index (χ3v) is 11.9. The molecule has 4 rings (SSSR count). The average Bonchev–Trinajstić information content (AvgIpc) is 3.01. The number of hydrogen-bond acceptors (Lipinski definition) is 2. The number of hydrogen-bond donors (Lipinski definition) is 3. The lowest BCUT2D eigenvalue weighted by atomic mass is 9.44. The van der Waals surface area contributed by atoms with Gasteiger partial charge >= 0.3 is 13.6 Å². The van der Waals surface area contributed by atoms with Gasteiger partial charge in [0.05, 0.1) is 0 Å². The Labute approximate surface area is 181 Å². The molecule has 0 radical (unpaired) electrons. The quantitative estimate of drug-likeness (QED) is 0.477. The van der Waals surface area contributed by atoms with Gasteiger partial charge in [0.1, 0.15) is 0 Å². The van der Waals surface area contributed by atoms with Crippen LogP contribution < -0.4 is 0 Å². The molecule has 5 nitrogen and oxygen atoms in total. The van der Waals surface area contributed by atoms with Gasteiger partial charge in [-0.2, -0.15) is 0 Å². The van der Waals surface area contributed by atoms with Crippen LogP contribution in [0.2, 0.25) is 0 Å². The summed E-state index contributed by atoms with van der Waals surface area (Å²) in [4.78, 5) is 30.6. The molecule has 4 saturated carbocycles. The second-order valence-corrected chi connectivity index (χ2v) is 13.6. The molecule has 3 N–H and O–H groups in total. The Hall–Kier alpha value is -0.380. The first-order valence-electron chi connectivity index (χ1n) is 12.3. The van der Waals surface area contributed by atoms with E-state index in [1.54, 1.807) is 0 Å². The molecule has 6 heteroatoms. The molecule has 0 aromatic rings. The minimum atomic E-state index is -4.63. The standard InChI is InChI=1S/C24H41O5P/c1-15(14-21(22(25)26)30(27,28)29)18-9-10-19-17-8-7-16-6-4-5-12-23(16,2)20(17)11-13-24(18,19)3/h15-21H,4-14H2,1-3H3,(H,25,26)(H2,27,28,29)/t15-,16?,17+,18-,19+,20+,21?,23+,24-/m1/s1. The molecule has 2 unspecified atom stereocenters. The van der Waals surface area contributed by atoms with E-state index >= 15 is 0 Å². The van der Waals surface area contributed by atoms with Gasteiger partial charge in [0.25, 0.3) is 0 Å². The normalized spacial score (nSPS) is 45.7. The summed E-state index contributed by atoms with van der Waals surface area (Å²) in [7, 11) is -4.63. The minimum absolute atomic E-state index is 0.0203. The summed E-state index contributed by atoms with van der Waals surface area (Å²) in [5.74, 6) is 2.26. The van der Waals surface area contributed by atoms with E-state index in [2.05, 4.69) is 13.8 Å². The fourth-order valence-corrected chi connectivity index (χ4v) is 10.1. The van der Waals surface area contributed by atoms with Crippen molar-refractivity contribution in [1.29, 1.82) is 0 Å². The van der Waals surface area contributed by atoms with Gasteiger partial charge in [0.2, 0.25) is 0 Å². The summed E-state index contributed by atoms with van der Waals surface area (Å²) >= 11 is 0. The highest BCUT2D eigenvalue weighted by molar-refractivity contribution is 7.53. The number of fused-ring (bicyclic) bond motifs is 5. The van der Waals surface area contributed by atoms with Crippen molar-refractivity contribution >= 4 is 13.6 Å². The van der Waals surface area contributed by atoms with Crippen molar-refractivity contribution in [2.24, 2.45) is 46.3 Å².